The van der Waals surface area contributed by atoms with E-state index >= 15 is 0 Å². The summed E-state index contributed by atoms with van der Waals surface area (Å²) >= 11 is 0. The Hall–Kier alpha value is -4.22. The van der Waals surface area contributed by atoms with Crippen molar-refractivity contribution in [3.05, 3.63) is 70.8 Å². The fraction of sp³-hybridized carbons (Fsp3) is 0.379. The van der Waals surface area contributed by atoms with Gasteiger partial charge in [0.25, 0.3) is 11.7 Å². The van der Waals surface area contributed by atoms with E-state index in [0.717, 1.165) is 56.1 Å². The third kappa shape index (κ3) is 7.45. The van der Waals surface area contributed by atoms with Gasteiger partial charge in [-0.3, -0.25) is 14.5 Å². The number of carbonyl (C=O) groups is 4. The maximum atomic E-state index is 13.2. The number of nitrogens with zero attached hydrogens (tertiary/aromatic N) is 2. The number of amides is 1. The van der Waals surface area contributed by atoms with Gasteiger partial charge in [0.2, 0.25) is 0 Å². The molecular weight excluding hydrogens is 520 g/mol. The highest BCUT2D eigenvalue weighted by Gasteiger charge is 2.45. The van der Waals surface area contributed by atoms with E-state index in [-0.39, 0.29) is 11.3 Å². The van der Waals surface area contributed by atoms with Gasteiger partial charge in [0, 0.05) is 31.7 Å². The van der Waals surface area contributed by atoms with Gasteiger partial charge in [0.15, 0.2) is 0 Å². The third-order valence-corrected chi connectivity index (χ3v) is 6.56. The lowest BCUT2D eigenvalue weighted by atomic mass is 9.95. The van der Waals surface area contributed by atoms with Crippen molar-refractivity contribution in [3.63, 3.8) is 0 Å². The summed E-state index contributed by atoms with van der Waals surface area (Å²) in [6.45, 7) is 8.78. The predicted octanol–water partition coefficient (Wildman–Crippen LogP) is 2.69. The van der Waals surface area contributed by atoms with Crippen LogP contribution in [0, 0.1) is 6.92 Å². The summed E-state index contributed by atoms with van der Waals surface area (Å²) in [5, 5.41) is 26.0. The summed E-state index contributed by atoms with van der Waals surface area (Å²) in [4.78, 5) is 48.4. The van der Waals surface area contributed by atoms with Crippen molar-refractivity contribution in [2.75, 3.05) is 46.0 Å². The second kappa shape index (κ2) is 14.2. The Morgan fingerprint density at radius 1 is 0.975 bits per heavy atom. The van der Waals surface area contributed by atoms with Crippen LogP contribution in [-0.4, -0.2) is 94.7 Å². The fourth-order valence-electron chi connectivity index (χ4n) is 4.65. The minimum atomic E-state index is -1.82. The number of aryl methyl sites for hydroxylation is 1. The molecule has 0 aliphatic carbocycles. The van der Waals surface area contributed by atoms with Gasteiger partial charge >= 0.3 is 11.9 Å². The van der Waals surface area contributed by atoms with Crippen LogP contribution >= 0.6 is 0 Å². The van der Waals surface area contributed by atoms with E-state index in [4.69, 9.17) is 29.3 Å². The topological polar surface area (TPSA) is 154 Å². The molecule has 4 rings (SSSR count). The normalized spacial score (nSPS) is 18.6. The molecule has 40 heavy (non-hydrogen) atoms. The minimum Gasteiger partial charge on any atom is -0.507 e. The molecule has 11 nitrogen and oxygen atoms in total. The van der Waals surface area contributed by atoms with E-state index in [2.05, 4.69) is 4.90 Å². The third-order valence-electron chi connectivity index (χ3n) is 6.56. The number of morpholine rings is 1. The number of benzene rings is 2. The molecular formula is C29H34N2O9. The van der Waals surface area contributed by atoms with Crippen molar-refractivity contribution in [1.29, 1.82) is 0 Å². The number of aliphatic carboxylic acids is 2. The van der Waals surface area contributed by atoms with Crippen LogP contribution in [0.5, 0.6) is 5.75 Å². The SMILES string of the molecule is CCOc1ccc(/C(O)=C2/C(=O)C(=O)N(CCCN3CCOCC3)C2c2ccccc2)cc1C.O=C(O)C(=O)O. The molecule has 2 aliphatic heterocycles. The lowest BCUT2D eigenvalue weighted by Gasteiger charge is -2.29. The maximum absolute atomic E-state index is 13.2. The number of ketones is 1. The average Bonchev–Trinajstić information content (AvgIpc) is 3.20. The molecule has 0 saturated carbocycles. The molecule has 1 atom stereocenters. The lowest BCUT2D eigenvalue weighted by Crippen LogP contribution is -2.38. The van der Waals surface area contributed by atoms with E-state index in [1.54, 1.807) is 23.1 Å². The smallest absolute Gasteiger partial charge is 0.414 e. The first-order chi connectivity index (χ1) is 19.1. The number of aliphatic hydroxyl groups is 1. The van der Waals surface area contributed by atoms with Crippen LogP contribution in [-0.2, 0) is 23.9 Å². The van der Waals surface area contributed by atoms with Crippen LogP contribution in [0.15, 0.2) is 54.1 Å². The summed E-state index contributed by atoms with van der Waals surface area (Å²) in [6, 6.07) is 14.1. The zero-order valence-electron chi connectivity index (χ0n) is 22.5. The Labute approximate surface area is 232 Å². The highest BCUT2D eigenvalue weighted by molar-refractivity contribution is 6.46. The second-order valence-electron chi connectivity index (χ2n) is 9.23. The zero-order valence-corrected chi connectivity index (χ0v) is 22.5. The van der Waals surface area contributed by atoms with Gasteiger partial charge in [-0.1, -0.05) is 30.3 Å². The molecule has 0 spiro atoms. The number of hydrogen-bond donors (Lipinski definition) is 3. The summed E-state index contributed by atoms with van der Waals surface area (Å²) in [5.74, 6) is -4.30. The molecule has 214 valence electrons. The molecule has 11 heteroatoms. The van der Waals surface area contributed by atoms with Crippen molar-refractivity contribution >= 4 is 29.4 Å². The number of hydrogen-bond acceptors (Lipinski definition) is 8. The Bertz CT molecular complexity index is 1240. The molecule has 0 radical (unpaired) electrons. The quantitative estimate of drug-likeness (QED) is 0.252. The molecule has 2 saturated heterocycles. The first kappa shape index (κ1) is 30.3. The summed E-state index contributed by atoms with van der Waals surface area (Å²) in [5.41, 5.74) is 2.28. The van der Waals surface area contributed by atoms with Crippen LogP contribution in [0.3, 0.4) is 0 Å². The number of aliphatic hydroxyl groups excluding tert-OH is 1. The Balaban J connectivity index is 0.000000663. The molecule has 2 aliphatic rings. The second-order valence-corrected chi connectivity index (χ2v) is 9.23. The Kier molecular flexibility index (Phi) is 10.8. The van der Waals surface area contributed by atoms with E-state index in [0.29, 0.717) is 18.7 Å². The van der Waals surface area contributed by atoms with Crippen molar-refractivity contribution in [3.8, 4) is 5.75 Å². The zero-order chi connectivity index (χ0) is 29.2. The minimum absolute atomic E-state index is 0.131. The monoisotopic (exact) mass is 554 g/mol. The standard InChI is InChI=1S/C27H32N2O5.C2H2O4/c1-3-34-22-11-10-21(18-19(22)2)25(30)23-24(20-8-5-4-6-9-20)29(27(32)26(23)31)13-7-12-28-14-16-33-17-15-28;3-1(4)2(5)6/h4-6,8-11,18,24,30H,3,7,12-17H2,1-2H3;(H,3,4)(H,5,6)/b25-23-;. The summed E-state index contributed by atoms with van der Waals surface area (Å²) in [6.07, 6.45) is 0.735. The Morgan fingerprint density at radius 3 is 2.20 bits per heavy atom. The lowest BCUT2D eigenvalue weighted by molar-refractivity contribution is -0.159. The number of carboxylic acids is 2. The number of ether oxygens (including phenoxy) is 2. The molecule has 0 aromatic heterocycles. The maximum Gasteiger partial charge on any atom is 0.414 e. The van der Waals surface area contributed by atoms with Gasteiger partial charge in [-0.15, -0.1) is 0 Å². The predicted molar refractivity (Wildman–Crippen MR) is 145 cm³/mol. The summed E-state index contributed by atoms with van der Waals surface area (Å²) in [7, 11) is 0. The van der Waals surface area contributed by atoms with Gasteiger partial charge in [0.1, 0.15) is 11.5 Å². The molecule has 2 aromatic carbocycles. The number of carbonyl (C=O) groups excluding carboxylic acids is 2. The highest BCUT2D eigenvalue weighted by Crippen LogP contribution is 2.39. The first-order valence-electron chi connectivity index (χ1n) is 13.0. The van der Waals surface area contributed by atoms with Gasteiger partial charge < -0.3 is 29.7 Å². The fourth-order valence-corrected chi connectivity index (χ4v) is 4.65. The molecule has 3 N–H and O–H groups in total. The van der Waals surface area contributed by atoms with Crippen LogP contribution in [0.25, 0.3) is 5.76 Å². The highest BCUT2D eigenvalue weighted by atomic mass is 16.5. The van der Waals surface area contributed by atoms with E-state index in [1.165, 1.54) is 0 Å². The van der Waals surface area contributed by atoms with Gasteiger partial charge in [-0.2, -0.15) is 0 Å². The van der Waals surface area contributed by atoms with E-state index in [1.807, 2.05) is 44.2 Å². The number of carboxylic acid groups (broad SMARTS) is 2. The molecule has 2 aromatic rings. The number of Topliss-reactive ketones (excluding diaryl/α,β-unsaturated/α-hetero) is 1. The molecule has 2 fully saturated rings. The van der Waals surface area contributed by atoms with Gasteiger partial charge in [-0.25, -0.2) is 9.59 Å². The van der Waals surface area contributed by atoms with Crippen molar-refractivity contribution in [2.24, 2.45) is 0 Å². The van der Waals surface area contributed by atoms with E-state index in [9.17, 15) is 14.7 Å². The van der Waals surface area contributed by atoms with E-state index < -0.39 is 29.7 Å². The molecule has 2 heterocycles. The van der Waals surface area contributed by atoms with Crippen molar-refractivity contribution in [1.82, 2.24) is 9.80 Å². The Morgan fingerprint density at radius 2 is 1.62 bits per heavy atom. The molecule has 1 unspecified atom stereocenters. The van der Waals surface area contributed by atoms with Crippen molar-refractivity contribution in [2.45, 2.75) is 26.3 Å². The molecule has 1 amide bonds. The number of likely N-dealkylation sites (tertiary alicyclic amines) is 1. The number of rotatable bonds is 8. The van der Waals surface area contributed by atoms with Crippen LogP contribution in [0.2, 0.25) is 0 Å². The van der Waals surface area contributed by atoms with Crippen molar-refractivity contribution < 1.29 is 44.0 Å². The first-order valence-corrected chi connectivity index (χ1v) is 13.0. The van der Waals surface area contributed by atoms with Crippen LogP contribution in [0.4, 0.5) is 0 Å². The molecule has 0 bridgehead atoms. The summed E-state index contributed by atoms with van der Waals surface area (Å²) < 4.78 is 11.0. The van der Waals surface area contributed by atoms with Crippen LogP contribution < -0.4 is 4.74 Å². The average molecular weight is 555 g/mol. The van der Waals surface area contributed by atoms with Gasteiger partial charge in [0.05, 0.1) is 31.4 Å². The largest absolute Gasteiger partial charge is 0.507 e. The van der Waals surface area contributed by atoms with Crippen LogP contribution in [0.1, 0.15) is 36.1 Å². The van der Waals surface area contributed by atoms with Gasteiger partial charge in [-0.05, 0) is 49.6 Å².